The van der Waals surface area contributed by atoms with E-state index in [0.717, 1.165) is 52.8 Å². The van der Waals surface area contributed by atoms with Gasteiger partial charge in [-0.2, -0.15) is 25.9 Å². The van der Waals surface area contributed by atoms with Gasteiger partial charge in [0, 0.05) is 25.6 Å². The van der Waals surface area contributed by atoms with E-state index in [2.05, 4.69) is 5.32 Å². The van der Waals surface area contributed by atoms with Crippen LogP contribution in [0.15, 0.2) is 18.2 Å². The van der Waals surface area contributed by atoms with Gasteiger partial charge >= 0.3 is 16.4 Å². The monoisotopic (exact) mass is 562 g/mol. The van der Waals surface area contributed by atoms with Crippen LogP contribution in [-0.2, 0) is 26.0 Å². The quantitative estimate of drug-likeness (QED) is 0.554. The maximum atomic E-state index is 13.3. The predicted molar refractivity (Wildman–Crippen MR) is 131 cm³/mol. The summed E-state index contributed by atoms with van der Waals surface area (Å²) in [4.78, 5) is 24.7. The van der Waals surface area contributed by atoms with E-state index in [1.54, 1.807) is 0 Å². The molecule has 2 unspecified atom stereocenters. The zero-order chi connectivity index (χ0) is 26.8. The Kier molecular flexibility index (Phi) is 6.68. The third kappa shape index (κ3) is 5.04. The molecule has 3 N–H and O–H groups in total. The SMILES string of the molecule is NC(=O)CC12CC3CC(C1)C(NC(=O)CN1CCCN(c4ccc(C(F)(F)F)cc4Cl)S1(=O)=O)C(C3)C2. The first kappa shape index (κ1) is 26.6. The van der Waals surface area contributed by atoms with Gasteiger partial charge in [0.15, 0.2) is 0 Å². The molecule has 8 nitrogen and oxygen atoms in total. The van der Waals surface area contributed by atoms with Crippen molar-refractivity contribution in [2.45, 2.75) is 57.2 Å². The Bertz CT molecular complexity index is 1190. The van der Waals surface area contributed by atoms with Gasteiger partial charge in [-0.25, -0.2) is 0 Å². The first-order valence-electron chi connectivity index (χ1n) is 12.5. The van der Waals surface area contributed by atoms with Crippen molar-refractivity contribution in [1.29, 1.82) is 0 Å². The van der Waals surface area contributed by atoms with E-state index >= 15 is 0 Å². The number of rotatable bonds is 6. The second-order valence-electron chi connectivity index (χ2n) is 11.1. The minimum absolute atomic E-state index is 0.0433. The fourth-order valence-electron chi connectivity index (χ4n) is 7.46. The van der Waals surface area contributed by atoms with Crippen LogP contribution < -0.4 is 15.4 Å². The summed E-state index contributed by atoms with van der Waals surface area (Å²) >= 11 is 6.06. The number of amides is 2. The highest BCUT2D eigenvalue weighted by molar-refractivity contribution is 7.90. The molecule has 1 heterocycles. The molecule has 1 aromatic rings. The van der Waals surface area contributed by atoms with Crippen molar-refractivity contribution >= 4 is 39.3 Å². The Morgan fingerprint density at radius 1 is 1.14 bits per heavy atom. The number of nitrogens with zero attached hydrogens (tertiary/aromatic N) is 2. The molecule has 4 saturated carbocycles. The summed E-state index contributed by atoms with van der Waals surface area (Å²) in [5.41, 5.74) is 4.41. The fraction of sp³-hybridized carbons (Fsp3) is 0.667. The summed E-state index contributed by atoms with van der Waals surface area (Å²) in [6.07, 6.45) is 0.754. The average Bonchev–Trinajstić information content (AvgIpc) is 2.76. The largest absolute Gasteiger partial charge is 0.416 e. The Balaban J connectivity index is 1.27. The number of carbonyl (C=O) groups excluding carboxylic acids is 2. The van der Waals surface area contributed by atoms with Crippen LogP contribution in [0.5, 0.6) is 0 Å². The number of carbonyl (C=O) groups is 2. The maximum absolute atomic E-state index is 13.3. The van der Waals surface area contributed by atoms with Crippen LogP contribution in [-0.4, -0.2) is 50.2 Å². The number of halogens is 4. The Hall–Kier alpha value is -2.05. The van der Waals surface area contributed by atoms with E-state index in [4.69, 9.17) is 17.3 Å². The summed E-state index contributed by atoms with van der Waals surface area (Å²) in [5, 5.41) is 2.75. The van der Waals surface area contributed by atoms with Gasteiger partial charge in [0.25, 0.3) is 0 Å². The third-order valence-electron chi connectivity index (χ3n) is 8.51. The van der Waals surface area contributed by atoms with E-state index in [0.29, 0.717) is 24.8 Å². The van der Waals surface area contributed by atoms with Crippen molar-refractivity contribution in [2.24, 2.45) is 28.9 Å². The molecule has 0 aromatic heterocycles. The maximum Gasteiger partial charge on any atom is 0.416 e. The molecule has 1 aliphatic heterocycles. The van der Waals surface area contributed by atoms with Crippen LogP contribution >= 0.6 is 11.6 Å². The predicted octanol–water partition coefficient (Wildman–Crippen LogP) is 3.30. The lowest BCUT2D eigenvalue weighted by molar-refractivity contribution is -0.137. The lowest BCUT2D eigenvalue weighted by Crippen LogP contribution is -2.61. The summed E-state index contributed by atoms with van der Waals surface area (Å²) < 4.78 is 67.7. The topological polar surface area (TPSA) is 113 Å². The molecule has 2 amide bonds. The van der Waals surface area contributed by atoms with E-state index in [1.807, 2.05) is 0 Å². The molecule has 37 heavy (non-hydrogen) atoms. The number of hydrogen-bond acceptors (Lipinski definition) is 4. The molecule has 0 spiro atoms. The molecule has 13 heteroatoms. The van der Waals surface area contributed by atoms with Gasteiger partial charge in [0.2, 0.25) is 11.8 Å². The van der Waals surface area contributed by atoms with Gasteiger partial charge in [-0.05, 0) is 79.9 Å². The summed E-state index contributed by atoms with van der Waals surface area (Å²) in [6, 6.07) is 2.47. The van der Waals surface area contributed by atoms with Gasteiger partial charge in [0.1, 0.15) is 0 Å². The standard InChI is InChI=1S/C24H30ClF3N4O4S/c25-18-8-17(24(26,27)28)2-3-19(18)32-5-1-4-31(37(32,35)36)13-21(34)30-22-15-6-14-7-16(22)11-23(9-14,10-15)12-20(29)33/h2-3,8,14-16,22H,1,4-7,9-13H2,(H2,29,33)(H,30,34). The van der Waals surface area contributed by atoms with Crippen molar-refractivity contribution in [3.8, 4) is 0 Å². The molecule has 204 valence electrons. The summed E-state index contributed by atoms with van der Waals surface area (Å²) in [5.74, 6) is 0.278. The minimum Gasteiger partial charge on any atom is -0.370 e. The van der Waals surface area contributed by atoms with Gasteiger partial charge < -0.3 is 11.1 Å². The smallest absolute Gasteiger partial charge is 0.370 e. The Morgan fingerprint density at radius 2 is 1.81 bits per heavy atom. The summed E-state index contributed by atoms with van der Waals surface area (Å²) in [7, 11) is -4.18. The van der Waals surface area contributed by atoms with Gasteiger partial charge in [-0.3, -0.25) is 13.9 Å². The summed E-state index contributed by atoms with van der Waals surface area (Å²) in [6.45, 7) is -0.226. The van der Waals surface area contributed by atoms with Crippen molar-refractivity contribution in [3.63, 3.8) is 0 Å². The normalized spacial score (nSPS) is 32.9. The molecule has 5 fully saturated rings. The van der Waals surface area contributed by atoms with Crippen molar-refractivity contribution in [1.82, 2.24) is 9.62 Å². The van der Waals surface area contributed by atoms with Crippen molar-refractivity contribution in [3.05, 3.63) is 28.8 Å². The molecular formula is C24H30ClF3N4O4S. The Morgan fingerprint density at radius 3 is 2.41 bits per heavy atom. The highest BCUT2D eigenvalue weighted by Gasteiger charge is 2.56. The molecule has 2 atom stereocenters. The van der Waals surface area contributed by atoms with Crippen molar-refractivity contribution < 1.29 is 31.2 Å². The number of nitrogens with two attached hydrogens (primary N) is 1. The molecule has 0 radical (unpaired) electrons. The molecular weight excluding hydrogens is 533 g/mol. The van der Waals surface area contributed by atoms with E-state index < -0.39 is 27.9 Å². The molecule has 4 bridgehead atoms. The highest BCUT2D eigenvalue weighted by Crippen LogP contribution is 2.61. The highest BCUT2D eigenvalue weighted by atomic mass is 35.5. The van der Waals surface area contributed by atoms with Crippen LogP contribution in [0.3, 0.4) is 0 Å². The number of anilines is 1. The minimum atomic E-state index is -4.61. The van der Waals surface area contributed by atoms with E-state index in [1.165, 1.54) is 0 Å². The Labute approximate surface area is 218 Å². The van der Waals surface area contributed by atoms with E-state index in [9.17, 15) is 31.2 Å². The van der Waals surface area contributed by atoms with Crippen LogP contribution in [0.25, 0.3) is 0 Å². The second-order valence-corrected chi connectivity index (χ2v) is 13.4. The van der Waals surface area contributed by atoms with Crippen LogP contribution in [0.1, 0.15) is 50.5 Å². The number of alkyl halides is 3. The first-order valence-corrected chi connectivity index (χ1v) is 14.3. The molecule has 1 aromatic carbocycles. The van der Waals surface area contributed by atoms with Crippen molar-refractivity contribution in [2.75, 3.05) is 23.9 Å². The zero-order valence-corrected chi connectivity index (χ0v) is 21.7. The molecule has 6 rings (SSSR count). The lowest BCUT2D eigenvalue weighted by atomic mass is 9.47. The number of nitrogens with one attached hydrogen (secondary N) is 1. The van der Waals surface area contributed by atoms with Gasteiger partial charge in [0.05, 0.1) is 22.8 Å². The van der Waals surface area contributed by atoms with Gasteiger partial charge in [-0.1, -0.05) is 11.6 Å². The number of primary amides is 1. The van der Waals surface area contributed by atoms with E-state index in [-0.39, 0.29) is 59.5 Å². The third-order valence-corrected chi connectivity index (χ3v) is 10.7. The average molecular weight is 563 g/mol. The molecule has 1 saturated heterocycles. The zero-order valence-electron chi connectivity index (χ0n) is 20.1. The van der Waals surface area contributed by atoms with Crippen LogP contribution in [0.2, 0.25) is 5.02 Å². The van der Waals surface area contributed by atoms with Gasteiger partial charge in [-0.15, -0.1) is 0 Å². The number of benzene rings is 1. The van der Waals surface area contributed by atoms with Crippen LogP contribution in [0.4, 0.5) is 18.9 Å². The molecule has 4 aliphatic carbocycles. The first-order chi connectivity index (χ1) is 17.3. The lowest BCUT2D eigenvalue weighted by Gasteiger charge is -2.60. The number of hydrogen-bond donors (Lipinski definition) is 2. The fourth-order valence-corrected chi connectivity index (χ4v) is 9.48. The molecule has 5 aliphatic rings. The van der Waals surface area contributed by atoms with Crippen LogP contribution in [0, 0.1) is 23.2 Å². The second kappa shape index (κ2) is 9.30.